The van der Waals surface area contributed by atoms with Gasteiger partial charge in [0.25, 0.3) is 0 Å². The Balaban J connectivity index is 2.19. The van der Waals surface area contributed by atoms with E-state index < -0.39 is 0 Å². The van der Waals surface area contributed by atoms with E-state index in [-0.39, 0.29) is 0 Å². The minimum Gasteiger partial charge on any atom is -0.347 e. The molecular weight excluding hydrogens is 280 g/mol. The summed E-state index contributed by atoms with van der Waals surface area (Å²) in [6.45, 7) is 7.73. The summed E-state index contributed by atoms with van der Waals surface area (Å²) in [5, 5.41) is 4.51. The van der Waals surface area contributed by atoms with Crippen molar-refractivity contribution < 1.29 is 0 Å². The highest BCUT2D eigenvalue weighted by atomic mass is 32.1. The van der Waals surface area contributed by atoms with Crippen LogP contribution < -0.4 is 10.2 Å². The number of anilines is 1. The maximum atomic E-state index is 5.00. The molecule has 1 N–H and O–H groups in total. The van der Waals surface area contributed by atoms with Crippen molar-refractivity contribution in [3.05, 3.63) is 10.6 Å². The first-order valence-corrected chi connectivity index (χ1v) is 8.94. The van der Waals surface area contributed by atoms with Crippen LogP contribution in [0.2, 0.25) is 0 Å². The van der Waals surface area contributed by atoms with Crippen LogP contribution in [0.5, 0.6) is 0 Å². The summed E-state index contributed by atoms with van der Waals surface area (Å²) < 4.78 is 0. The lowest BCUT2D eigenvalue weighted by molar-refractivity contribution is 0.258. The molecule has 120 valence electrons. The minimum atomic E-state index is 0.549. The molecule has 1 aromatic heterocycles. The number of piperidine rings is 1. The molecular formula is C16H30N4S. The number of nitrogens with one attached hydrogen (secondary N) is 1. The number of likely N-dealkylation sites (N-methyl/N-ethyl adjacent to an activating group) is 1. The van der Waals surface area contributed by atoms with Gasteiger partial charge in [0, 0.05) is 30.6 Å². The quantitative estimate of drug-likeness (QED) is 0.875. The Morgan fingerprint density at radius 1 is 1.48 bits per heavy atom. The lowest BCUT2D eigenvalue weighted by Gasteiger charge is -2.36. The number of hydrogen-bond donors (Lipinski definition) is 1. The standard InChI is InChI=1S/C16H30N4S/c1-6-12(2)15-14(10-17-3)21-16(18-15)20-9-7-8-13(11-20)19(4)5/h12-13,17H,6-11H2,1-5H3. The van der Waals surface area contributed by atoms with Gasteiger partial charge in [0.15, 0.2) is 5.13 Å². The fraction of sp³-hybridized carbons (Fsp3) is 0.812. The second-order valence-corrected chi connectivity index (χ2v) is 7.41. The summed E-state index contributed by atoms with van der Waals surface area (Å²) >= 11 is 1.88. The van der Waals surface area contributed by atoms with E-state index in [1.807, 2.05) is 18.4 Å². The fourth-order valence-electron chi connectivity index (χ4n) is 2.90. The number of thiazole rings is 1. The summed E-state index contributed by atoms with van der Waals surface area (Å²) in [6, 6.07) is 0.655. The molecule has 0 saturated carbocycles. The Morgan fingerprint density at radius 3 is 2.86 bits per heavy atom. The molecule has 5 heteroatoms. The molecule has 2 unspecified atom stereocenters. The molecule has 1 aliphatic heterocycles. The fourth-order valence-corrected chi connectivity index (χ4v) is 4.13. The van der Waals surface area contributed by atoms with Gasteiger partial charge in [-0.1, -0.05) is 13.8 Å². The molecule has 1 fully saturated rings. The number of rotatable bonds is 6. The second kappa shape index (κ2) is 7.56. The normalized spacial score (nSPS) is 21.0. The van der Waals surface area contributed by atoms with E-state index in [9.17, 15) is 0 Å². The lowest BCUT2D eigenvalue weighted by atomic mass is 10.0. The Kier molecular flexibility index (Phi) is 6.02. The Hall–Kier alpha value is -0.650. The maximum absolute atomic E-state index is 5.00. The molecule has 2 rings (SSSR count). The van der Waals surface area contributed by atoms with Crippen LogP contribution in [0.4, 0.5) is 5.13 Å². The third-order valence-electron chi connectivity index (χ3n) is 4.53. The lowest BCUT2D eigenvalue weighted by Crippen LogP contribution is -2.45. The van der Waals surface area contributed by atoms with Crippen molar-refractivity contribution >= 4 is 16.5 Å². The molecule has 1 aliphatic rings. The van der Waals surface area contributed by atoms with Gasteiger partial charge in [-0.2, -0.15) is 0 Å². The van der Waals surface area contributed by atoms with E-state index in [4.69, 9.17) is 4.98 Å². The molecule has 0 spiro atoms. The number of hydrogen-bond acceptors (Lipinski definition) is 5. The second-order valence-electron chi connectivity index (χ2n) is 6.35. The van der Waals surface area contributed by atoms with Crippen molar-refractivity contribution in [2.24, 2.45) is 0 Å². The SMILES string of the molecule is CCC(C)c1nc(N2CCCC(N(C)C)C2)sc1CNC. The molecule has 2 atom stereocenters. The Labute approximate surface area is 133 Å². The average Bonchev–Trinajstić information content (AvgIpc) is 2.91. The third kappa shape index (κ3) is 3.96. The molecule has 0 amide bonds. The Morgan fingerprint density at radius 2 is 2.24 bits per heavy atom. The predicted octanol–water partition coefficient (Wildman–Crippen LogP) is 2.91. The summed E-state index contributed by atoms with van der Waals surface area (Å²) in [4.78, 5) is 11.3. The minimum absolute atomic E-state index is 0.549. The third-order valence-corrected chi connectivity index (χ3v) is 5.66. The van der Waals surface area contributed by atoms with Gasteiger partial charge in [0.05, 0.1) is 5.69 Å². The smallest absolute Gasteiger partial charge is 0.185 e. The van der Waals surface area contributed by atoms with E-state index in [0.29, 0.717) is 12.0 Å². The van der Waals surface area contributed by atoms with Crippen LogP contribution in [0.1, 0.15) is 49.6 Å². The first-order valence-electron chi connectivity index (χ1n) is 8.12. The molecule has 0 bridgehead atoms. The summed E-state index contributed by atoms with van der Waals surface area (Å²) in [6.07, 6.45) is 3.72. The topological polar surface area (TPSA) is 31.4 Å². The molecule has 0 aliphatic carbocycles. The summed E-state index contributed by atoms with van der Waals surface area (Å²) in [7, 11) is 6.39. The van der Waals surface area contributed by atoms with Crippen molar-refractivity contribution in [2.75, 3.05) is 39.1 Å². The summed E-state index contributed by atoms with van der Waals surface area (Å²) in [5.41, 5.74) is 1.30. The van der Waals surface area contributed by atoms with Crippen LogP contribution in [-0.2, 0) is 6.54 Å². The van der Waals surface area contributed by atoms with E-state index in [2.05, 4.69) is 43.1 Å². The first kappa shape index (κ1) is 16.7. The van der Waals surface area contributed by atoms with Crippen molar-refractivity contribution in [3.8, 4) is 0 Å². The van der Waals surface area contributed by atoms with E-state index >= 15 is 0 Å². The van der Waals surface area contributed by atoms with Crippen molar-refractivity contribution in [1.29, 1.82) is 0 Å². The zero-order valence-corrected chi connectivity index (χ0v) is 15.0. The van der Waals surface area contributed by atoms with Gasteiger partial charge in [-0.15, -0.1) is 11.3 Å². The van der Waals surface area contributed by atoms with Crippen molar-refractivity contribution in [3.63, 3.8) is 0 Å². The highest BCUT2D eigenvalue weighted by Gasteiger charge is 2.25. The van der Waals surface area contributed by atoms with Crippen LogP contribution in [0, 0.1) is 0 Å². The van der Waals surface area contributed by atoms with Crippen molar-refractivity contribution in [2.45, 2.75) is 51.6 Å². The van der Waals surface area contributed by atoms with Crippen LogP contribution in [0.15, 0.2) is 0 Å². The molecule has 4 nitrogen and oxygen atoms in total. The van der Waals surface area contributed by atoms with Gasteiger partial charge in [-0.25, -0.2) is 4.98 Å². The number of aromatic nitrogens is 1. The molecule has 1 aromatic rings. The van der Waals surface area contributed by atoms with E-state index in [1.165, 1.54) is 28.5 Å². The Bertz CT molecular complexity index is 443. The average molecular weight is 311 g/mol. The maximum Gasteiger partial charge on any atom is 0.185 e. The highest BCUT2D eigenvalue weighted by Crippen LogP contribution is 2.33. The van der Waals surface area contributed by atoms with Crippen LogP contribution in [0.25, 0.3) is 0 Å². The molecule has 2 heterocycles. The van der Waals surface area contributed by atoms with E-state index in [1.54, 1.807) is 0 Å². The van der Waals surface area contributed by atoms with Gasteiger partial charge in [-0.3, -0.25) is 0 Å². The van der Waals surface area contributed by atoms with Gasteiger partial charge < -0.3 is 15.1 Å². The zero-order valence-electron chi connectivity index (χ0n) is 14.1. The summed E-state index contributed by atoms with van der Waals surface area (Å²) in [5.74, 6) is 0.549. The largest absolute Gasteiger partial charge is 0.347 e. The van der Waals surface area contributed by atoms with Crippen LogP contribution in [-0.4, -0.2) is 50.2 Å². The van der Waals surface area contributed by atoms with Crippen molar-refractivity contribution in [1.82, 2.24) is 15.2 Å². The van der Waals surface area contributed by atoms with Crippen LogP contribution in [0.3, 0.4) is 0 Å². The molecule has 1 saturated heterocycles. The van der Waals surface area contributed by atoms with E-state index in [0.717, 1.165) is 26.1 Å². The van der Waals surface area contributed by atoms with Gasteiger partial charge in [0.1, 0.15) is 0 Å². The van der Waals surface area contributed by atoms with Gasteiger partial charge in [-0.05, 0) is 46.3 Å². The molecule has 21 heavy (non-hydrogen) atoms. The van der Waals surface area contributed by atoms with Crippen LogP contribution >= 0.6 is 11.3 Å². The number of nitrogens with zero attached hydrogens (tertiary/aromatic N) is 3. The predicted molar refractivity (Wildman–Crippen MR) is 92.5 cm³/mol. The van der Waals surface area contributed by atoms with Gasteiger partial charge in [0.2, 0.25) is 0 Å². The monoisotopic (exact) mass is 310 g/mol. The highest BCUT2D eigenvalue weighted by molar-refractivity contribution is 7.15. The zero-order chi connectivity index (χ0) is 15.4. The van der Waals surface area contributed by atoms with Gasteiger partial charge >= 0.3 is 0 Å². The molecule has 0 radical (unpaired) electrons. The first-order chi connectivity index (χ1) is 10.1. The molecule has 0 aromatic carbocycles.